The summed E-state index contributed by atoms with van der Waals surface area (Å²) in [6, 6.07) is 11.2. The van der Waals surface area contributed by atoms with Crippen molar-refractivity contribution in [1.29, 1.82) is 0 Å². The molecule has 4 rings (SSSR count). The number of hydrogen-bond donors (Lipinski definition) is 1. The van der Waals surface area contributed by atoms with Gasteiger partial charge in [-0.1, -0.05) is 31.0 Å². The molecule has 0 saturated heterocycles. The fourth-order valence-electron chi connectivity index (χ4n) is 4.39. The van der Waals surface area contributed by atoms with Crippen LogP contribution in [0, 0.1) is 5.41 Å². The first-order valence-corrected chi connectivity index (χ1v) is 8.44. The molecule has 21 heavy (non-hydrogen) atoms. The van der Waals surface area contributed by atoms with E-state index in [1.165, 1.54) is 62.4 Å². The van der Waals surface area contributed by atoms with Gasteiger partial charge in [-0.3, -0.25) is 4.98 Å². The molecule has 1 N–H and O–H groups in total. The predicted octanol–water partition coefficient (Wildman–Crippen LogP) is 5.15. The number of aromatic nitrogens is 1. The normalized spacial score (nSPS) is 21.9. The first-order chi connectivity index (χ1) is 10.3. The zero-order chi connectivity index (χ0) is 14.1. The van der Waals surface area contributed by atoms with Gasteiger partial charge in [0.2, 0.25) is 0 Å². The van der Waals surface area contributed by atoms with Crippen LogP contribution < -0.4 is 5.32 Å². The fraction of sp³-hybridized carbons (Fsp3) is 0.526. The molecule has 0 amide bonds. The van der Waals surface area contributed by atoms with Crippen molar-refractivity contribution in [2.75, 3.05) is 5.32 Å². The second kappa shape index (κ2) is 5.32. The van der Waals surface area contributed by atoms with Gasteiger partial charge in [-0.15, -0.1) is 0 Å². The number of benzene rings is 1. The summed E-state index contributed by atoms with van der Waals surface area (Å²) in [5.41, 5.74) is 2.98. The molecule has 0 bridgehead atoms. The number of anilines is 1. The first-order valence-electron chi connectivity index (χ1n) is 8.44. The number of nitrogens with one attached hydrogen (secondary N) is 1. The number of nitrogens with zero attached hydrogens (tertiary/aromatic N) is 1. The Morgan fingerprint density at radius 3 is 2.57 bits per heavy atom. The third-order valence-corrected chi connectivity index (χ3v) is 5.67. The van der Waals surface area contributed by atoms with Crippen molar-refractivity contribution in [3.05, 3.63) is 36.5 Å². The maximum atomic E-state index is 4.56. The molecule has 1 aromatic heterocycles. The van der Waals surface area contributed by atoms with Gasteiger partial charge in [-0.05, 0) is 56.1 Å². The summed E-state index contributed by atoms with van der Waals surface area (Å²) in [4.78, 5) is 4.56. The van der Waals surface area contributed by atoms with Gasteiger partial charge in [-0.2, -0.15) is 0 Å². The quantitative estimate of drug-likeness (QED) is 0.823. The third-order valence-electron chi connectivity index (χ3n) is 5.67. The van der Waals surface area contributed by atoms with Crippen molar-refractivity contribution in [2.24, 2.45) is 5.41 Å². The van der Waals surface area contributed by atoms with E-state index >= 15 is 0 Å². The van der Waals surface area contributed by atoms with Crippen LogP contribution in [0.4, 0.5) is 5.69 Å². The molecule has 1 aromatic carbocycles. The van der Waals surface area contributed by atoms with E-state index in [0.717, 1.165) is 10.9 Å². The average Bonchev–Trinajstić information content (AvgIpc) is 2.98. The molecule has 2 fully saturated rings. The molecular formula is C19H24N2. The molecule has 0 unspecified atom stereocenters. The summed E-state index contributed by atoms with van der Waals surface area (Å²) >= 11 is 0. The number of pyridine rings is 1. The lowest BCUT2D eigenvalue weighted by Crippen LogP contribution is -2.31. The van der Waals surface area contributed by atoms with Gasteiger partial charge in [-0.25, -0.2) is 0 Å². The van der Waals surface area contributed by atoms with E-state index in [1.807, 2.05) is 12.3 Å². The van der Waals surface area contributed by atoms with Crippen LogP contribution in [0.5, 0.6) is 0 Å². The summed E-state index contributed by atoms with van der Waals surface area (Å²) in [6.07, 6.45) is 13.4. The van der Waals surface area contributed by atoms with Gasteiger partial charge in [0.1, 0.15) is 0 Å². The molecular weight excluding hydrogens is 256 g/mol. The van der Waals surface area contributed by atoms with Gasteiger partial charge in [0.25, 0.3) is 0 Å². The standard InChI is InChI=1S/C19H24N2/c1-2-6-18-15(5-1)13-17(14-20-18)21-16-7-11-19(12-8-16)9-3-4-10-19/h1-2,5-6,13-14,16,21H,3-4,7-12H2. The highest BCUT2D eigenvalue weighted by Crippen LogP contribution is 2.49. The number of fused-ring (bicyclic) bond motifs is 1. The highest BCUT2D eigenvalue weighted by Gasteiger charge is 2.37. The highest BCUT2D eigenvalue weighted by molar-refractivity contribution is 5.81. The molecule has 0 radical (unpaired) electrons. The Morgan fingerprint density at radius 2 is 1.76 bits per heavy atom. The van der Waals surface area contributed by atoms with Crippen LogP contribution in [0.15, 0.2) is 36.5 Å². The van der Waals surface area contributed by atoms with E-state index < -0.39 is 0 Å². The minimum Gasteiger partial charge on any atom is -0.381 e. The predicted molar refractivity (Wildman–Crippen MR) is 88.5 cm³/mol. The SMILES string of the molecule is c1ccc2ncc(NC3CCC4(CCCC4)CC3)cc2c1. The Morgan fingerprint density at radius 1 is 1.00 bits per heavy atom. The summed E-state index contributed by atoms with van der Waals surface area (Å²) in [5, 5.41) is 4.94. The summed E-state index contributed by atoms with van der Waals surface area (Å²) in [5.74, 6) is 0. The van der Waals surface area contributed by atoms with E-state index in [-0.39, 0.29) is 0 Å². The highest BCUT2D eigenvalue weighted by atomic mass is 14.9. The maximum Gasteiger partial charge on any atom is 0.0703 e. The van der Waals surface area contributed by atoms with Gasteiger partial charge >= 0.3 is 0 Å². The minimum atomic E-state index is 0.638. The van der Waals surface area contributed by atoms with E-state index in [1.54, 1.807) is 0 Å². The van der Waals surface area contributed by atoms with E-state index in [9.17, 15) is 0 Å². The molecule has 0 aliphatic heterocycles. The third kappa shape index (κ3) is 2.64. The van der Waals surface area contributed by atoms with Gasteiger partial charge in [0.15, 0.2) is 0 Å². The van der Waals surface area contributed by atoms with E-state index in [2.05, 4.69) is 34.6 Å². The number of rotatable bonds is 2. The van der Waals surface area contributed by atoms with Crippen LogP contribution in [0.1, 0.15) is 51.4 Å². The van der Waals surface area contributed by atoms with Gasteiger partial charge in [0, 0.05) is 11.4 Å². The molecule has 2 aliphatic carbocycles. The lowest BCUT2D eigenvalue weighted by atomic mass is 9.71. The smallest absolute Gasteiger partial charge is 0.0703 e. The van der Waals surface area contributed by atoms with Crippen molar-refractivity contribution in [1.82, 2.24) is 4.98 Å². The summed E-state index contributed by atoms with van der Waals surface area (Å²) in [6.45, 7) is 0. The molecule has 2 aromatic rings. The molecule has 0 atom stereocenters. The van der Waals surface area contributed by atoms with Crippen molar-refractivity contribution in [3.8, 4) is 0 Å². The van der Waals surface area contributed by atoms with Crippen LogP contribution in [0.25, 0.3) is 10.9 Å². The Hall–Kier alpha value is -1.57. The van der Waals surface area contributed by atoms with E-state index in [4.69, 9.17) is 0 Å². The molecule has 1 heterocycles. The summed E-state index contributed by atoms with van der Waals surface area (Å²) < 4.78 is 0. The zero-order valence-electron chi connectivity index (χ0n) is 12.6. The molecule has 2 saturated carbocycles. The van der Waals surface area contributed by atoms with Crippen LogP contribution in [-0.4, -0.2) is 11.0 Å². The minimum absolute atomic E-state index is 0.638. The van der Waals surface area contributed by atoms with Crippen LogP contribution in [0.3, 0.4) is 0 Å². The van der Waals surface area contributed by atoms with Gasteiger partial charge in [0.05, 0.1) is 17.4 Å². The number of hydrogen-bond acceptors (Lipinski definition) is 2. The second-order valence-electron chi connectivity index (χ2n) is 7.04. The first kappa shape index (κ1) is 13.1. The van der Waals surface area contributed by atoms with Crippen molar-refractivity contribution >= 4 is 16.6 Å². The Labute approximate surface area is 127 Å². The second-order valence-corrected chi connectivity index (χ2v) is 7.04. The Bertz CT molecular complexity index is 618. The lowest BCUT2D eigenvalue weighted by Gasteiger charge is -2.37. The topological polar surface area (TPSA) is 24.9 Å². The van der Waals surface area contributed by atoms with Gasteiger partial charge < -0.3 is 5.32 Å². The van der Waals surface area contributed by atoms with Crippen LogP contribution in [-0.2, 0) is 0 Å². The van der Waals surface area contributed by atoms with Crippen molar-refractivity contribution < 1.29 is 0 Å². The summed E-state index contributed by atoms with van der Waals surface area (Å²) in [7, 11) is 0. The lowest BCUT2D eigenvalue weighted by molar-refractivity contribution is 0.188. The largest absolute Gasteiger partial charge is 0.381 e. The fourth-order valence-corrected chi connectivity index (χ4v) is 4.39. The zero-order valence-corrected chi connectivity index (χ0v) is 12.6. The molecule has 2 heteroatoms. The molecule has 2 nitrogen and oxygen atoms in total. The Balaban J connectivity index is 1.43. The van der Waals surface area contributed by atoms with E-state index in [0.29, 0.717) is 6.04 Å². The monoisotopic (exact) mass is 280 g/mol. The van der Waals surface area contributed by atoms with Crippen LogP contribution in [0.2, 0.25) is 0 Å². The average molecular weight is 280 g/mol. The van der Waals surface area contributed by atoms with Crippen LogP contribution >= 0.6 is 0 Å². The van der Waals surface area contributed by atoms with Crippen molar-refractivity contribution in [3.63, 3.8) is 0 Å². The Kier molecular flexibility index (Phi) is 3.33. The molecule has 2 aliphatic rings. The molecule has 110 valence electrons. The maximum absolute atomic E-state index is 4.56. The van der Waals surface area contributed by atoms with Crippen molar-refractivity contribution in [2.45, 2.75) is 57.4 Å². The number of para-hydroxylation sites is 1. The molecule has 1 spiro atoms.